The smallest absolute Gasteiger partial charge is 0.790 e. The van der Waals surface area contributed by atoms with Gasteiger partial charge in [-0.2, -0.15) is 14.6 Å². The van der Waals surface area contributed by atoms with Crippen LogP contribution in [0.2, 0.25) is 0 Å². The molecule has 0 unspecified atom stereocenters. The van der Waals surface area contributed by atoms with Crippen molar-refractivity contribution in [2.24, 2.45) is 0 Å². The van der Waals surface area contributed by atoms with Gasteiger partial charge in [0.2, 0.25) is 5.95 Å². The van der Waals surface area contributed by atoms with E-state index in [2.05, 4.69) is 30.0 Å². The van der Waals surface area contributed by atoms with Crippen LogP contribution in [-0.2, 0) is 20.6 Å². The number of carbonyl (C=O) groups excluding carboxylic acids is 1. The first-order valence-electron chi connectivity index (χ1n) is 12.6. The quantitative estimate of drug-likeness (QED) is 0.107. The van der Waals surface area contributed by atoms with Gasteiger partial charge >= 0.3 is 59.1 Å². The first-order valence-corrected chi connectivity index (χ1v) is 14.9. The molecule has 1 aliphatic rings. The number of thiazole rings is 1. The number of halogens is 2. The summed E-state index contributed by atoms with van der Waals surface area (Å²) in [6.07, 6.45) is 7.65. The van der Waals surface area contributed by atoms with Crippen molar-refractivity contribution in [3.05, 3.63) is 53.6 Å². The first-order chi connectivity index (χ1) is 19.6. The molecular weight excluding hydrogens is 629 g/mol. The van der Waals surface area contributed by atoms with Crippen molar-refractivity contribution in [1.29, 1.82) is 0 Å². The van der Waals surface area contributed by atoms with Crippen LogP contribution in [0.4, 0.5) is 14.5 Å². The van der Waals surface area contributed by atoms with Crippen molar-refractivity contribution >= 4 is 30.8 Å². The summed E-state index contributed by atoms with van der Waals surface area (Å²) >= 11 is 1.12. The molecule has 0 aliphatic heterocycles. The second-order valence-corrected chi connectivity index (χ2v) is 11.2. The van der Waals surface area contributed by atoms with E-state index in [-0.39, 0.29) is 94.0 Å². The Hall–Kier alpha value is -1.40. The molecule has 4 aromatic heterocycles. The summed E-state index contributed by atoms with van der Waals surface area (Å²) in [6, 6.07) is 1.81. The van der Waals surface area contributed by atoms with Gasteiger partial charge in [-0.05, 0) is 44.7 Å². The number of pyridine rings is 1. The summed E-state index contributed by atoms with van der Waals surface area (Å²) in [4.78, 5) is 42.5. The zero-order valence-electron chi connectivity index (χ0n) is 23.6. The van der Waals surface area contributed by atoms with Crippen molar-refractivity contribution in [2.75, 3.05) is 11.9 Å². The first kappa shape index (κ1) is 36.1. The summed E-state index contributed by atoms with van der Waals surface area (Å²) in [5.41, 5.74) is 0.259. The fourth-order valence-electron chi connectivity index (χ4n) is 4.51. The number of nitrogens with zero attached hydrogens (tertiary/aromatic N) is 6. The number of anilines is 1. The Bertz CT molecular complexity index is 1590. The number of hydrogen-bond acceptors (Lipinski definition) is 11. The van der Waals surface area contributed by atoms with E-state index in [1.165, 1.54) is 17.8 Å². The van der Waals surface area contributed by atoms with Gasteiger partial charge in [-0.1, -0.05) is 0 Å². The van der Waals surface area contributed by atoms with Crippen molar-refractivity contribution in [3.8, 4) is 22.0 Å². The van der Waals surface area contributed by atoms with Crippen LogP contribution in [0.1, 0.15) is 49.1 Å². The average Bonchev–Trinajstić information content (AvgIpc) is 3.69. The molecule has 0 bridgehead atoms. The van der Waals surface area contributed by atoms with E-state index in [4.69, 9.17) is 4.74 Å². The second-order valence-electron chi connectivity index (χ2n) is 9.19. The fraction of sp³-hybridized carbons (Fsp3) is 0.375. The molecule has 4 aromatic rings. The minimum Gasteiger partial charge on any atom is -0.790 e. The number of aromatic nitrogens is 6. The molecule has 218 valence electrons. The molecule has 43 heavy (non-hydrogen) atoms. The summed E-state index contributed by atoms with van der Waals surface area (Å²) in [5, 5.41) is 13.0. The summed E-state index contributed by atoms with van der Waals surface area (Å²) in [7, 11) is -5.17. The maximum Gasteiger partial charge on any atom is 1.00 e. The van der Waals surface area contributed by atoms with Gasteiger partial charge < -0.3 is 28.9 Å². The van der Waals surface area contributed by atoms with Gasteiger partial charge in [0, 0.05) is 29.9 Å². The van der Waals surface area contributed by atoms with E-state index in [1.54, 1.807) is 10.9 Å². The maximum atomic E-state index is 14.7. The summed E-state index contributed by atoms with van der Waals surface area (Å²) in [6.45, 7) is 1.97. The van der Waals surface area contributed by atoms with Crippen LogP contribution in [-0.4, -0.2) is 48.1 Å². The Morgan fingerprint density at radius 3 is 2.58 bits per heavy atom. The van der Waals surface area contributed by atoms with Gasteiger partial charge in [0.1, 0.15) is 28.8 Å². The molecule has 1 amide bonds. The molecule has 4 heterocycles. The zero-order valence-corrected chi connectivity index (χ0v) is 29.3. The molecule has 1 N–H and O–H groups in total. The number of carbonyl (C=O) groups is 1. The Kier molecular flexibility index (Phi) is 13.2. The van der Waals surface area contributed by atoms with Gasteiger partial charge in [0.25, 0.3) is 5.91 Å². The third-order valence-corrected chi connectivity index (χ3v) is 7.72. The normalized spacial score (nSPS) is 16.8. The van der Waals surface area contributed by atoms with E-state index in [1.807, 2.05) is 6.92 Å². The van der Waals surface area contributed by atoms with E-state index in [0.717, 1.165) is 53.8 Å². The van der Waals surface area contributed by atoms with Crippen LogP contribution in [0.15, 0.2) is 36.1 Å². The van der Waals surface area contributed by atoms with E-state index in [0.29, 0.717) is 17.2 Å². The number of ether oxygens (including phenoxy) is 1. The third-order valence-electron chi connectivity index (χ3n) is 6.40. The van der Waals surface area contributed by atoms with Crippen LogP contribution < -0.4 is 74.2 Å². The third kappa shape index (κ3) is 9.31. The predicted octanol–water partition coefficient (Wildman–Crippen LogP) is -2.87. The Morgan fingerprint density at radius 1 is 1.14 bits per heavy atom. The van der Waals surface area contributed by atoms with Crippen LogP contribution in [0.3, 0.4) is 0 Å². The van der Waals surface area contributed by atoms with Crippen molar-refractivity contribution < 1.29 is 96.3 Å². The Morgan fingerprint density at radius 2 is 1.88 bits per heavy atom. The Balaban J connectivity index is 0.00000253. The summed E-state index contributed by atoms with van der Waals surface area (Å²) in [5.74, 6) is -2.32. The number of hydrogen-bond donors (Lipinski definition) is 1. The van der Waals surface area contributed by atoms with E-state index >= 15 is 0 Å². The van der Waals surface area contributed by atoms with Gasteiger partial charge in [0.15, 0.2) is 5.82 Å². The molecule has 19 heteroatoms. The average molecular weight is 654 g/mol. The van der Waals surface area contributed by atoms with Gasteiger partial charge in [0.05, 0.1) is 31.9 Å². The van der Waals surface area contributed by atoms with Gasteiger partial charge in [-0.15, -0.1) is 11.3 Å². The molecule has 1 saturated carbocycles. The molecule has 1 aliphatic carbocycles. The number of rotatable bonds is 10. The van der Waals surface area contributed by atoms with E-state index in [9.17, 15) is 27.9 Å². The largest absolute Gasteiger partial charge is 1.00 e. The van der Waals surface area contributed by atoms with Gasteiger partial charge in [-0.3, -0.25) is 9.48 Å². The van der Waals surface area contributed by atoms with Crippen molar-refractivity contribution in [3.63, 3.8) is 0 Å². The van der Waals surface area contributed by atoms with Crippen LogP contribution in [0, 0.1) is 11.8 Å². The minimum absolute atomic E-state index is 0. The standard InChI is InChI=1S/C24H26F2N7O6PS.2Na/c1-2-38-16-5-3-15(4-6-16)33-11-18(22(31-33)21-17(25)7-8-20(26)30-21)28-23(34)19-12-41-24(29-19)14-9-27-32(10-14)13-39-40(35,36)37;;/h7-12,15-16H,2-6,13H2,1H3,(H,28,34)(H2,35,36,37);;/q;2*+1/p-2. The molecular formula is C24H24F2N7Na2O6PS. The molecule has 0 radical (unpaired) electrons. The fourth-order valence-corrected chi connectivity index (χ4v) is 5.55. The zero-order chi connectivity index (χ0) is 29.1. The monoisotopic (exact) mass is 653 g/mol. The van der Waals surface area contributed by atoms with Crippen molar-refractivity contribution in [1.82, 2.24) is 29.5 Å². The molecule has 13 nitrogen and oxygen atoms in total. The summed E-state index contributed by atoms with van der Waals surface area (Å²) < 4.78 is 52.0. The Labute approximate surface area is 293 Å². The van der Waals surface area contributed by atoms with Crippen molar-refractivity contribution in [2.45, 2.75) is 51.5 Å². The SMILES string of the molecule is CCOC1CCC(n2cc(NC(=O)c3csc(-c4cnn(COP(=O)([O-])[O-])c4)n3)c(-c3nc(F)ccc3F)n2)CC1.[Na+].[Na+]. The number of phosphoric ester groups is 1. The predicted molar refractivity (Wildman–Crippen MR) is 138 cm³/mol. The molecule has 0 spiro atoms. The molecule has 0 saturated heterocycles. The number of phosphoric acid groups is 1. The maximum absolute atomic E-state index is 14.7. The number of nitrogens with one attached hydrogen (secondary N) is 1. The van der Waals surface area contributed by atoms with Crippen LogP contribution >= 0.6 is 19.2 Å². The molecule has 1 fully saturated rings. The molecule has 0 aromatic carbocycles. The topological polar surface area (TPSA) is 172 Å². The minimum atomic E-state index is -5.17. The van der Waals surface area contributed by atoms with Crippen LogP contribution in [0.5, 0.6) is 0 Å². The van der Waals surface area contributed by atoms with Gasteiger partial charge in [-0.25, -0.2) is 19.0 Å². The van der Waals surface area contributed by atoms with Crippen LogP contribution in [0.25, 0.3) is 22.0 Å². The molecule has 5 rings (SSSR count). The second kappa shape index (κ2) is 15.7. The van der Waals surface area contributed by atoms with E-state index < -0.39 is 32.2 Å². The molecule has 0 atom stereocenters. The number of amides is 1.